The summed E-state index contributed by atoms with van der Waals surface area (Å²) in [5.74, 6) is 1.15. The van der Waals surface area contributed by atoms with Crippen molar-refractivity contribution < 1.29 is 4.79 Å². The number of hydrogen-bond acceptors (Lipinski definition) is 4. The highest BCUT2D eigenvalue weighted by molar-refractivity contribution is 7.98. The molecule has 1 amide bonds. The van der Waals surface area contributed by atoms with E-state index < -0.39 is 0 Å². The van der Waals surface area contributed by atoms with E-state index in [9.17, 15) is 4.79 Å². The molecule has 0 bridgehead atoms. The van der Waals surface area contributed by atoms with Gasteiger partial charge in [0.15, 0.2) is 0 Å². The van der Waals surface area contributed by atoms with E-state index in [1.165, 1.54) is 0 Å². The van der Waals surface area contributed by atoms with Gasteiger partial charge in [0.25, 0.3) is 0 Å². The molecule has 2 unspecified atom stereocenters. The number of nitrogens with one attached hydrogen (secondary N) is 1. The molecule has 0 aliphatic carbocycles. The van der Waals surface area contributed by atoms with Gasteiger partial charge in [-0.25, -0.2) is 0 Å². The average molecular weight is 289 g/mol. The first-order valence-electron chi connectivity index (χ1n) is 6.97. The van der Waals surface area contributed by atoms with Gasteiger partial charge in [-0.1, -0.05) is 6.92 Å². The number of nitrogens with zero attached hydrogens (tertiary/aromatic N) is 1. The molecule has 0 aromatic rings. The van der Waals surface area contributed by atoms with Crippen LogP contribution < -0.4 is 11.1 Å². The van der Waals surface area contributed by atoms with Crippen LogP contribution in [0.15, 0.2) is 0 Å². The molecule has 0 aliphatic rings. The molecule has 0 spiro atoms. The van der Waals surface area contributed by atoms with Gasteiger partial charge < -0.3 is 11.1 Å². The lowest BCUT2D eigenvalue weighted by atomic mass is 10.1. The molecule has 114 valence electrons. The van der Waals surface area contributed by atoms with Crippen LogP contribution in [0.25, 0.3) is 0 Å². The number of hydrogen-bond donors (Lipinski definition) is 2. The van der Waals surface area contributed by atoms with Crippen molar-refractivity contribution in [3.8, 4) is 0 Å². The van der Waals surface area contributed by atoms with E-state index in [-0.39, 0.29) is 17.5 Å². The van der Waals surface area contributed by atoms with Crippen LogP contribution in [0.4, 0.5) is 0 Å². The standard InChI is InChI=1S/C14H31N3OS/c1-7-11(10-19-6)17(5)12(9-15)8-13(18)16-14(2,3)4/h11-12H,7-10,15H2,1-6H3,(H,16,18). The Morgan fingerprint density at radius 2 is 1.95 bits per heavy atom. The van der Waals surface area contributed by atoms with Crippen molar-refractivity contribution in [2.45, 2.75) is 58.2 Å². The van der Waals surface area contributed by atoms with Gasteiger partial charge in [0.05, 0.1) is 0 Å². The lowest BCUT2D eigenvalue weighted by Gasteiger charge is -2.34. The molecule has 0 aromatic carbocycles. The first-order valence-corrected chi connectivity index (χ1v) is 8.36. The summed E-state index contributed by atoms with van der Waals surface area (Å²) >= 11 is 1.84. The Bertz CT molecular complexity index is 266. The second-order valence-corrected chi connectivity index (χ2v) is 6.99. The second-order valence-electron chi connectivity index (χ2n) is 6.07. The molecule has 0 fully saturated rings. The van der Waals surface area contributed by atoms with E-state index in [1.54, 1.807) is 0 Å². The van der Waals surface area contributed by atoms with Crippen molar-refractivity contribution >= 4 is 17.7 Å². The van der Waals surface area contributed by atoms with E-state index in [2.05, 4.69) is 30.4 Å². The molecule has 5 heteroatoms. The van der Waals surface area contributed by atoms with E-state index in [1.807, 2.05) is 32.5 Å². The number of rotatable bonds is 8. The van der Waals surface area contributed by atoms with Crippen molar-refractivity contribution in [3.63, 3.8) is 0 Å². The Labute approximate surface area is 122 Å². The van der Waals surface area contributed by atoms with Crippen LogP contribution in [-0.4, -0.2) is 54.0 Å². The summed E-state index contributed by atoms with van der Waals surface area (Å²) in [7, 11) is 2.08. The second kappa shape index (κ2) is 8.82. The minimum absolute atomic E-state index is 0.0776. The minimum Gasteiger partial charge on any atom is -0.351 e. The van der Waals surface area contributed by atoms with Gasteiger partial charge in [0.2, 0.25) is 5.91 Å². The maximum Gasteiger partial charge on any atom is 0.222 e. The molecule has 0 aliphatic heterocycles. The summed E-state index contributed by atoms with van der Waals surface area (Å²) in [5, 5.41) is 3.00. The van der Waals surface area contributed by atoms with Crippen molar-refractivity contribution in [1.82, 2.24) is 10.2 Å². The van der Waals surface area contributed by atoms with Crippen LogP contribution in [0, 0.1) is 0 Å². The van der Waals surface area contributed by atoms with E-state index in [0.29, 0.717) is 19.0 Å². The van der Waals surface area contributed by atoms with Crippen LogP contribution in [0.2, 0.25) is 0 Å². The molecule has 19 heavy (non-hydrogen) atoms. The fourth-order valence-electron chi connectivity index (χ4n) is 2.09. The maximum atomic E-state index is 12.0. The normalized spacial score (nSPS) is 15.4. The molecule has 2 atom stereocenters. The first-order chi connectivity index (χ1) is 8.75. The number of likely N-dealkylation sites (N-methyl/N-ethyl adjacent to an activating group) is 1. The number of amides is 1. The minimum atomic E-state index is -0.182. The summed E-state index contributed by atoms with van der Waals surface area (Å²) in [6.07, 6.45) is 3.66. The molecule has 0 saturated carbocycles. The van der Waals surface area contributed by atoms with E-state index in [4.69, 9.17) is 5.73 Å². The van der Waals surface area contributed by atoms with Crippen molar-refractivity contribution in [2.75, 3.05) is 25.6 Å². The van der Waals surface area contributed by atoms with Gasteiger partial charge in [-0.15, -0.1) is 0 Å². The highest BCUT2D eigenvalue weighted by Crippen LogP contribution is 2.13. The van der Waals surface area contributed by atoms with Gasteiger partial charge in [0.1, 0.15) is 0 Å². The van der Waals surface area contributed by atoms with Gasteiger partial charge in [-0.3, -0.25) is 9.69 Å². The molecular formula is C14H31N3OS. The highest BCUT2D eigenvalue weighted by atomic mass is 32.2. The van der Waals surface area contributed by atoms with Crippen LogP contribution in [-0.2, 0) is 4.79 Å². The fourth-order valence-corrected chi connectivity index (χ4v) is 2.95. The molecule has 0 radical (unpaired) electrons. The Morgan fingerprint density at radius 1 is 1.37 bits per heavy atom. The molecule has 0 aromatic heterocycles. The molecule has 3 N–H and O–H groups in total. The molecular weight excluding hydrogens is 258 g/mol. The summed E-state index contributed by atoms with van der Waals surface area (Å²) in [5.41, 5.74) is 5.66. The van der Waals surface area contributed by atoms with Gasteiger partial charge in [-0.05, 0) is 40.5 Å². The Hall–Kier alpha value is -0.260. The average Bonchev–Trinajstić information content (AvgIpc) is 2.29. The fraction of sp³-hybridized carbons (Fsp3) is 0.929. The largest absolute Gasteiger partial charge is 0.351 e. The molecule has 0 rings (SSSR count). The zero-order chi connectivity index (χ0) is 15.1. The summed E-state index contributed by atoms with van der Waals surface area (Å²) < 4.78 is 0. The Kier molecular flexibility index (Phi) is 8.70. The first kappa shape index (κ1) is 18.7. The van der Waals surface area contributed by atoms with Crippen LogP contribution >= 0.6 is 11.8 Å². The summed E-state index contributed by atoms with van der Waals surface area (Å²) in [4.78, 5) is 14.3. The highest BCUT2D eigenvalue weighted by Gasteiger charge is 2.24. The predicted molar refractivity (Wildman–Crippen MR) is 85.6 cm³/mol. The quantitative estimate of drug-likeness (QED) is 0.714. The monoisotopic (exact) mass is 289 g/mol. The van der Waals surface area contributed by atoms with Gasteiger partial charge >= 0.3 is 0 Å². The Morgan fingerprint density at radius 3 is 2.32 bits per heavy atom. The number of carbonyl (C=O) groups is 1. The lowest BCUT2D eigenvalue weighted by Crippen LogP contribution is -2.49. The maximum absolute atomic E-state index is 12.0. The number of thioether (sulfide) groups is 1. The summed E-state index contributed by atoms with van der Waals surface area (Å²) in [6, 6.07) is 0.588. The zero-order valence-electron chi connectivity index (χ0n) is 13.3. The van der Waals surface area contributed by atoms with Crippen molar-refractivity contribution in [1.29, 1.82) is 0 Å². The third-order valence-corrected chi connectivity index (χ3v) is 3.91. The van der Waals surface area contributed by atoms with Crippen LogP contribution in [0.5, 0.6) is 0 Å². The Balaban J connectivity index is 4.51. The van der Waals surface area contributed by atoms with Crippen LogP contribution in [0.1, 0.15) is 40.5 Å². The third-order valence-electron chi connectivity index (χ3n) is 3.19. The predicted octanol–water partition coefficient (Wildman–Crippen LogP) is 1.69. The zero-order valence-corrected chi connectivity index (χ0v) is 14.1. The van der Waals surface area contributed by atoms with Gasteiger partial charge in [-0.2, -0.15) is 11.8 Å². The van der Waals surface area contributed by atoms with Crippen molar-refractivity contribution in [3.05, 3.63) is 0 Å². The van der Waals surface area contributed by atoms with Crippen LogP contribution in [0.3, 0.4) is 0 Å². The third kappa shape index (κ3) is 7.80. The molecule has 0 heterocycles. The van der Waals surface area contributed by atoms with E-state index >= 15 is 0 Å². The van der Waals surface area contributed by atoms with Gasteiger partial charge in [0, 0.05) is 36.3 Å². The molecule has 0 saturated heterocycles. The van der Waals surface area contributed by atoms with Crippen molar-refractivity contribution in [2.24, 2.45) is 5.73 Å². The number of nitrogens with two attached hydrogens (primary N) is 1. The number of carbonyl (C=O) groups excluding carboxylic acids is 1. The summed E-state index contributed by atoms with van der Waals surface area (Å²) in [6.45, 7) is 8.68. The lowest BCUT2D eigenvalue weighted by molar-refractivity contribution is -0.123. The topological polar surface area (TPSA) is 58.4 Å². The smallest absolute Gasteiger partial charge is 0.222 e. The SMILES string of the molecule is CCC(CSC)N(C)C(CN)CC(=O)NC(C)(C)C. The van der Waals surface area contributed by atoms with E-state index in [0.717, 1.165) is 12.2 Å². The molecule has 4 nitrogen and oxygen atoms in total.